The van der Waals surface area contributed by atoms with E-state index in [1.54, 1.807) is 12.3 Å². The maximum absolute atomic E-state index is 14.0. The molecule has 254 valence electrons. The molecule has 2 atom stereocenters. The van der Waals surface area contributed by atoms with Crippen LogP contribution in [-0.4, -0.2) is 69.9 Å². The molecule has 49 heavy (non-hydrogen) atoms. The molecule has 12 nitrogen and oxygen atoms in total. The summed E-state index contributed by atoms with van der Waals surface area (Å²) < 4.78 is 1.96. The van der Waals surface area contributed by atoms with Crippen molar-refractivity contribution in [3.8, 4) is 11.1 Å². The largest absolute Gasteiger partial charge is 0.395 e. The smallest absolute Gasteiger partial charge is 0.278 e. The number of fused-ring (bicyclic) bond motifs is 2. The van der Waals surface area contributed by atoms with Gasteiger partial charge in [-0.3, -0.25) is 24.0 Å². The highest BCUT2D eigenvalue weighted by Crippen LogP contribution is 2.39. The highest BCUT2D eigenvalue weighted by molar-refractivity contribution is 6.07. The molecule has 2 aromatic carbocycles. The lowest BCUT2D eigenvalue weighted by atomic mass is 9.93. The summed E-state index contributed by atoms with van der Waals surface area (Å²) in [4.78, 5) is 44.9. The van der Waals surface area contributed by atoms with Crippen LogP contribution in [0.15, 0.2) is 60.8 Å². The molecule has 4 aromatic rings. The molecule has 3 aliphatic rings. The van der Waals surface area contributed by atoms with E-state index >= 15 is 0 Å². The Hall–Kier alpha value is -4.91. The summed E-state index contributed by atoms with van der Waals surface area (Å²) in [5.74, 6) is -0.299. The van der Waals surface area contributed by atoms with Crippen LogP contribution in [0.2, 0.25) is 0 Å². The van der Waals surface area contributed by atoms with Crippen LogP contribution in [-0.2, 0) is 24.3 Å². The van der Waals surface area contributed by atoms with Gasteiger partial charge in [0.05, 0.1) is 12.3 Å². The normalized spacial score (nSPS) is 18.2. The number of anilines is 2. The first-order valence-electron chi connectivity index (χ1n) is 17.1. The van der Waals surface area contributed by atoms with Gasteiger partial charge >= 0.3 is 0 Å². The van der Waals surface area contributed by atoms with Crippen molar-refractivity contribution in [1.82, 2.24) is 30.7 Å². The van der Waals surface area contributed by atoms with Gasteiger partial charge in [-0.25, -0.2) is 0 Å². The lowest BCUT2D eigenvalue weighted by molar-refractivity contribution is -0.119. The molecular weight excluding hydrogens is 620 g/mol. The molecule has 5 heterocycles. The zero-order valence-electron chi connectivity index (χ0n) is 27.7. The molecule has 12 heteroatoms. The van der Waals surface area contributed by atoms with Crippen molar-refractivity contribution in [3.63, 3.8) is 0 Å². The molecule has 1 saturated heterocycles. The molecule has 3 aliphatic heterocycles. The zero-order chi connectivity index (χ0) is 33.9. The second kappa shape index (κ2) is 14.3. The Morgan fingerprint density at radius 3 is 2.67 bits per heavy atom. The van der Waals surface area contributed by atoms with Gasteiger partial charge in [0.1, 0.15) is 5.69 Å². The Labute approximate surface area is 285 Å². The zero-order valence-corrected chi connectivity index (χ0v) is 27.7. The summed E-state index contributed by atoms with van der Waals surface area (Å²) in [6.07, 6.45) is 5.72. The van der Waals surface area contributed by atoms with Gasteiger partial charge in [0, 0.05) is 68.8 Å². The number of nitrogens with zero attached hydrogens (tertiary/aromatic N) is 4. The van der Waals surface area contributed by atoms with E-state index in [-0.39, 0.29) is 36.4 Å². The summed E-state index contributed by atoms with van der Waals surface area (Å²) >= 11 is 0. The van der Waals surface area contributed by atoms with Crippen molar-refractivity contribution in [1.29, 1.82) is 0 Å². The van der Waals surface area contributed by atoms with E-state index < -0.39 is 0 Å². The summed E-state index contributed by atoms with van der Waals surface area (Å²) in [5, 5.41) is 26.5. The van der Waals surface area contributed by atoms with Crippen LogP contribution < -0.4 is 26.2 Å². The highest BCUT2D eigenvalue weighted by atomic mass is 16.3. The molecule has 2 aromatic heterocycles. The molecule has 7 rings (SSSR count). The number of hydrogen-bond acceptors (Lipinski definition) is 8. The van der Waals surface area contributed by atoms with Gasteiger partial charge in [-0.05, 0) is 84.7 Å². The number of benzene rings is 2. The molecule has 3 amide bonds. The van der Waals surface area contributed by atoms with Gasteiger partial charge in [-0.1, -0.05) is 30.3 Å². The van der Waals surface area contributed by atoms with Gasteiger partial charge in [0.2, 0.25) is 5.91 Å². The van der Waals surface area contributed by atoms with Gasteiger partial charge < -0.3 is 31.3 Å². The number of carbonyl (C=O) groups is 3. The predicted octanol–water partition coefficient (Wildman–Crippen LogP) is 3.49. The Morgan fingerprint density at radius 2 is 1.88 bits per heavy atom. The van der Waals surface area contributed by atoms with E-state index in [4.69, 9.17) is 10.2 Å². The number of aromatic nitrogens is 3. The number of pyridine rings is 1. The SMILES string of the molecule is Cc1c(NC(=O)c2ccc(CNCCO)cn2)cccc1-c1cccc2c1CCN2C(=O)c1cc2n(n1)CCCC2NC[C@H]1CCC(=O)N1. The van der Waals surface area contributed by atoms with Gasteiger partial charge in [-0.2, -0.15) is 5.10 Å². The minimum atomic E-state index is -0.296. The van der Waals surface area contributed by atoms with Crippen LogP contribution in [0.4, 0.5) is 11.4 Å². The summed E-state index contributed by atoms with van der Waals surface area (Å²) in [7, 11) is 0. The summed E-state index contributed by atoms with van der Waals surface area (Å²) in [6, 6.07) is 17.6. The van der Waals surface area contributed by atoms with Crippen LogP contribution in [0.5, 0.6) is 0 Å². The third-order valence-corrected chi connectivity index (χ3v) is 9.77. The van der Waals surface area contributed by atoms with Crippen molar-refractivity contribution >= 4 is 29.1 Å². The van der Waals surface area contributed by atoms with E-state index in [0.29, 0.717) is 56.1 Å². The average Bonchev–Trinajstić information content (AvgIpc) is 3.87. The standard InChI is InChI=1S/C37H42N8O4/c1-23-26(5-2-7-29(23)42-36(48)31-12-10-24(21-39-31)20-38-15-18-46)27-6-3-9-33-28(27)14-17-44(33)37(49)32-19-34-30(8-4-16-45(34)43-32)40-22-25-11-13-35(47)41-25/h2-3,5-7,9-10,12,19,21,25,30,38,40,46H,4,8,11,13-18,20,22H2,1H3,(H,41,47)(H,42,48)/t25-,30?/m1/s1. The fourth-order valence-electron chi connectivity index (χ4n) is 7.17. The van der Waals surface area contributed by atoms with E-state index in [1.807, 2.05) is 59.0 Å². The van der Waals surface area contributed by atoms with Crippen LogP contribution >= 0.6 is 0 Å². The van der Waals surface area contributed by atoms with Crippen LogP contribution in [0.25, 0.3) is 11.1 Å². The number of aryl methyl sites for hydroxylation is 1. The molecule has 0 spiro atoms. The number of carbonyl (C=O) groups excluding carboxylic acids is 3. The Bertz CT molecular complexity index is 1870. The lowest BCUT2D eigenvalue weighted by Crippen LogP contribution is -2.38. The lowest BCUT2D eigenvalue weighted by Gasteiger charge is -2.25. The fraction of sp³-hybridized carbons (Fsp3) is 0.378. The molecule has 0 saturated carbocycles. The van der Waals surface area contributed by atoms with E-state index in [2.05, 4.69) is 32.3 Å². The maximum atomic E-state index is 14.0. The first-order valence-corrected chi connectivity index (χ1v) is 17.1. The maximum Gasteiger partial charge on any atom is 0.278 e. The predicted molar refractivity (Wildman–Crippen MR) is 186 cm³/mol. The third-order valence-electron chi connectivity index (χ3n) is 9.77. The second-order valence-electron chi connectivity index (χ2n) is 13.0. The molecule has 0 bridgehead atoms. The van der Waals surface area contributed by atoms with Gasteiger partial charge in [0.25, 0.3) is 11.8 Å². The Kier molecular flexibility index (Phi) is 9.52. The highest BCUT2D eigenvalue weighted by Gasteiger charge is 2.32. The Morgan fingerprint density at radius 1 is 1.02 bits per heavy atom. The third kappa shape index (κ3) is 6.85. The topological polar surface area (TPSA) is 154 Å². The molecular formula is C37H42N8O4. The van der Waals surface area contributed by atoms with Gasteiger partial charge in [-0.15, -0.1) is 0 Å². The van der Waals surface area contributed by atoms with Crippen molar-refractivity contribution in [2.75, 3.05) is 36.5 Å². The van der Waals surface area contributed by atoms with Gasteiger partial charge in [0.15, 0.2) is 5.69 Å². The first kappa shape index (κ1) is 32.6. The van der Waals surface area contributed by atoms with Crippen LogP contribution in [0.1, 0.15) is 75.1 Å². The molecule has 1 fully saturated rings. The van der Waals surface area contributed by atoms with Crippen LogP contribution in [0.3, 0.4) is 0 Å². The second-order valence-corrected chi connectivity index (χ2v) is 13.0. The first-order chi connectivity index (χ1) is 23.9. The minimum absolute atomic E-state index is 0.0609. The summed E-state index contributed by atoms with van der Waals surface area (Å²) in [5.41, 5.74) is 8.33. The minimum Gasteiger partial charge on any atom is -0.395 e. The van der Waals surface area contributed by atoms with E-state index in [1.165, 1.54) is 0 Å². The fourth-order valence-corrected chi connectivity index (χ4v) is 7.17. The molecule has 0 radical (unpaired) electrons. The number of amides is 3. The van der Waals surface area contributed by atoms with Crippen molar-refractivity contribution in [2.24, 2.45) is 0 Å². The molecule has 1 unspecified atom stereocenters. The molecule has 0 aliphatic carbocycles. The van der Waals surface area contributed by atoms with Crippen molar-refractivity contribution in [2.45, 2.75) is 64.2 Å². The number of aliphatic hydroxyl groups excluding tert-OH is 1. The number of nitrogens with one attached hydrogen (secondary N) is 4. The quantitative estimate of drug-likeness (QED) is 0.153. The Balaban J connectivity index is 1.06. The van der Waals surface area contributed by atoms with Crippen molar-refractivity contribution < 1.29 is 19.5 Å². The summed E-state index contributed by atoms with van der Waals surface area (Å²) in [6.45, 7) is 5.14. The number of rotatable bonds is 11. The monoisotopic (exact) mass is 662 g/mol. The van der Waals surface area contributed by atoms with E-state index in [0.717, 1.165) is 65.0 Å². The number of hydrogen-bond donors (Lipinski definition) is 5. The number of aliphatic hydroxyl groups is 1. The van der Waals surface area contributed by atoms with E-state index in [9.17, 15) is 14.4 Å². The molecule has 5 N–H and O–H groups in total. The van der Waals surface area contributed by atoms with Crippen LogP contribution in [0, 0.1) is 6.92 Å². The van der Waals surface area contributed by atoms with Crippen molar-refractivity contribution in [3.05, 3.63) is 94.6 Å². The average molecular weight is 663 g/mol.